The number of β-lactam (4-membered cyclic amide) rings is 1. The number of aromatic nitrogens is 1. The van der Waals surface area contributed by atoms with Crippen LogP contribution >= 0.6 is 23.1 Å². The second kappa shape index (κ2) is 13.4. The number of anilines is 1. The van der Waals surface area contributed by atoms with Gasteiger partial charge in [0.15, 0.2) is 10.8 Å². The topological polar surface area (TPSA) is 219 Å². The average molecular weight is 613 g/mol. The van der Waals surface area contributed by atoms with E-state index in [1.165, 1.54) is 40.6 Å². The molecule has 1 aromatic carbocycles. The minimum atomic E-state index is -1.39. The number of thiazole rings is 1. The summed E-state index contributed by atoms with van der Waals surface area (Å²) in [4.78, 5) is 70.0. The largest absolute Gasteiger partial charge is 1.00 e. The third kappa shape index (κ3) is 7.05. The number of nitro benzene ring substituents is 1. The first-order valence-corrected chi connectivity index (χ1v) is 13.4. The van der Waals surface area contributed by atoms with E-state index in [-0.39, 0.29) is 70.7 Å². The number of nitrogens with one attached hydrogen (secondary N) is 1. The van der Waals surface area contributed by atoms with Gasteiger partial charge in [0.1, 0.15) is 23.7 Å². The van der Waals surface area contributed by atoms with E-state index in [1.807, 2.05) is 0 Å². The van der Waals surface area contributed by atoms with Crippen LogP contribution in [0.1, 0.15) is 11.3 Å². The van der Waals surface area contributed by atoms with Crippen LogP contribution in [0.4, 0.5) is 10.8 Å². The number of rotatable bonds is 11. The molecule has 2 amide bonds. The predicted octanol–water partition coefficient (Wildman–Crippen LogP) is -3.58. The maximum Gasteiger partial charge on any atom is 1.00 e. The van der Waals surface area contributed by atoms with Gasteiger partial charge in [-0.15, -0.1) is 29.7 Å². The Bertz CT molecular complexity index is 1400. The van der Waals surface area contributed by atoms with Gasteiger partial charge < -0.3 is 35.4 Å². The van der Waals surface area contributed by atoms with Crippen molar-refractivity contribution in [2.75, 3.05) is 24.6 Å². The number of thioether (sulfide) groups is 1. The number of amides is 2. The number of carboxylic acid groups (broad SMARTS) is 1. The summed E-state index contributed by atoms with van der Waals surface area (Å²) in [5, 5.41) is 29.6. The van der Waals surface area contributed by atoms with Crippen molar-refractivity contribution in [2.24, 2.45) is 10.6 Å². The minimum absolute atomic E-state index is 0. The van der Waals surface area contributed by atoms with E-state index < -0.39 is 52.1 Å². The van der Waals surface area contributed by atoms with E-state index in [1.54, 1.807) is 0 Å². The molecular weight excluding hydrogens is 591 g/mol. The summed E-state index contributed by atoms with van der Waals surface area (Å²) >= 11 is 2.19. The van der Waals surface area contributed by atoms with Crippen LogP contribution in [0, 0.1) is 15.5 Å². The van der Waals surface area contributed by atoms with Gasteiger partial charge >= 0.3 is 35.5 Å². The Balaban J connectivity index is 0.00000462. The molecule has 3 atom stereocenters. The number of fused-ring (bicyclic) bond motifs is 1. The molecular formula is C23H21N6NaO9S2. The van der Waals surface area contributed by atoms with Gasteiger partial charge in [-0.1, -0.05) is 11.2 Å². The Morgan fingerprint density at radius 2 is 2.05 bits per heavy atom. The molecule has 4 rings (SSSR count). The van der Waals surface area contributed by atoms with Crippen molar-refractivity contribution >= 4 is 63.4 Å². The second-order valence-electron chi connectivity index (χ2n) is 8.64. The molecule has 2 unspecified atom stereocenters. The van der Waals surface area contributed by atoms with Crippen LogP contribution < -0.4 is 45.7 Å². The molecule has 0 radical (unpaired) electrons. The Morgan fingerprint density at radius 3 is 2.63 bits per heavy atom. The Kier molecular flexibility index (Phi) is 10.5. The normalized spacial score (nSPS) is 21.4. The van der Waals surface area contributed by atoms with Gasteiger partial charge in [0.05, 0.1) is 16.3 Å². The summed E-state index contributed by atoms with van der Waals surface area (Å²) in [6.07, 6.45) is 1.25. The van der Waals surface area contributed by atoms with Crippen molar-refractivity contribution in [1.82, 2.24) is 15.2 Å². The third-order valence-electron chi connectivity index (χ3n) is 6.05. The summed E-state index contributed by atoms with van der Waals surface area (Å²) in [7, 11) is 0. The number of carbonyl (C=O) groups excluding carboxylic acids is 4. The van der Waals surface area contributed by atoms with Crippen molar-refractivity contribution in [3.63, 3.8) is 0 Å². The second-order valence-corrected chi connectivity index (χ2v) is 10.6. The fourth-order valence-electron chi connectivity index (χ4n) is 3.80. The zero-order valence-electron chi connectivity index (χ0n) is 21.5. The number of esters is 1. The molecule has 3 heterocycles. The van der Waals surface area contributed by atoms with Crippen LogP contribution in [0.5, 0.6) is 0 Å². The number of non-ortho nitro benzene ring substituents is 1. The minimum Gasteiger partial charge on any atom is -0.549 e. The standard InChI is InChI=1S/C23H22N6O9S2.Na/c1-2-23(21(33)34)10-28-19(32)17(20(28)40-11-23)26-18(31)16(14-9-39-22(24)25-14)27-38-8-15(30)37-7-12-3-5-13(6-4-12)29(35)36;/h2-6,9,17,20H,1,7-8,10-11H2,(H2,24,25)(H,26,31)(H,33,34);/q;+1/p-1/t17?,20-,23?;/m1./s1. The molecule has 18 heteroatoms. The Labute approximate surface area is 262 Å². The number of oxime groups is 1. The van der Waals surface area contributed by atoms with Gasteiger partial charge in [-0.05, 0) is 17.7 Å². The predicted molar refractivity (Wildman–Crippen MR) is 139 cm³/mol. The zero-order chi connectivity index (χ0) is 29.0. The molecule has 1 aromatic heterocycles. The molecule has 210 valence electrons. The van der Waals surface area contributed by atoms with E-state index >= 15 is 0 Å². The van der Waals surface area contributed by atoms with E-state index in [0.29, 0.717) is 5.56 Å². The van der Waals surface area contributed by atoms with Crippen LogP contribution in [0.15, 0.2) is 47.5 Å². The number of hydrogen-bond acceptors (Lipinski definition) is 14. The van der Waals surface area contributed by atoms with Gasteiger partial charge in [0, 0.05) is 29.8 Å². The van der Waals surface area contributed by atoms with Crippen LogP contribution in [0.25, 0.3) is 0 Å². The van der Waals surface area contributed by atoms with Crippen LogP contribution in [-0.4, -0.2) is 74.6 Å². The van der Waals surface area contributed by atoms with Crippen molar-refractivity contribution in [3.8, 4) is 0 Å². The number of hydrogen-bond donors (Lipinski definition) is 2. The number of ether oxygens (including phenoxy) is 1. The van der Waals surface area contributed by atoms with E-state index in [4.69, 9.17) is 15.3 Å². The Morgan fingerprint density at radius 1 is 1.34 bits per heavy atom. The number of carboxylic acids is 1. The molecule has 0 aliphatic carbocycles. The summed E-state index contributed by atoms with van der Waals surface area (Å²) < 4.78 is 5.04. The first kappa shape index (κ1) is 32.0. The first-order valence-electron chi connectivity index (χ1n) is 11.4. The number of nitrogens with zero attached hydrogens (tertiary/aromatic N) is 4. The van der Waals surface area contributed by atoms with Crippen molar-refractivity contribution in [2.45, 2.75) is 18.0 Å². The third-order valence-corrected chi connectivity index (χ3v) is 8.28. The molecule has 2 aliphatic heterocycles. The molecule has 2 fully saturated rings. The summed E-state index contributed by atoms with van der Waals surface area (Å²) in [5.41, 5.74) is 4.37. The average Bonchev–Trinajstić information content (AvgIpc) is 3.37. The molecule has 3 N–H and O–H groups in total. The van der Waals surface area contributed by atoms with Crippen molar-refractivity contribution in [3.05, 3.63) is 63.7 Å². The monoisotopic (exact) mass is 612 g/mol. The zero-order valence-corrected chi connectivity index (χ0v) is 25.1. The smallest absolute Gasteiger partial charge is 0.549 e. The van der Waals surface area contributed by atoms with Gasteiger partial charge in [0.2, 0.25) is 12.5 Å². The molecule has 41 heavy (non-hydrogen) atoms. The number of benzene rings is 1. The molecule has 2 aromatic rings. The molecule has 0 saturated carbocycles. The number of nitrogens with two attached hydrogens (primary N) is 1. The first-order chi connectivity index (χ1) is 19.0. The molecule has 15 nitrogen and oxygen atoms in total. The molecule has 0 bridgehead atoms. The van der Waals surface area contributed by atoms with Gasteiger partial charge in [-0.25, -0.2) is 9.78 Å². The Hall–Kier alpha value is -3.51. The number of nitrogen functional groups attached to an aromatic ring is 1. The fourth-order valence-corrected chi connectivity index (χ4v) is 5.88. The van der Waals surface area contributed by atoms with Crippen molar-refractivity contribution < 1.29 is 68.3 Å². The summed E-state index contributed by atoms with van der Waals surface area (Å²) in [6, 6.07) is 4.44. The van der Waals surface area contributed by atoms with E-state index in [2.05, 4.69) is 22.0 Å². The molecule has 2 aliphatic rings. The van der Waals surface area contributed by atoms with Gasteiger partial charge in [-0.2, -0.15) is 0 Å². The SMILES string of the molecule is C=CC1(C(=O)[O-])CS[C@@H]2C(NC(=O)C(=NOCC(=O)OCc3ccc([N+](=O)[O-])cc3)c3csc(N)n3)C(=O)N2C1.[Na+]. The quantitative estimate of drug-likeness (QED) is 0.0479. The van der Waals surface area contributed by atoms with Crippen LogP contribution in [0.3, 0.4) is 0 Å². The molecule has 0 spiro atoms. The van der Waals surface area contributed by atoms with Crippen LogP contribution in [0.2, 0.25) is 0 Å². The van der Waals surface area contributed by atoms with Crippen LogP contribution in [-0.2, 0) is 35.4 Å². The van der Waals surface area contributed by atoms with Gasteiger partial charge in [-0.3, -0.25) is 19.7 Å². The summed E-state index contributed by atoms with van der Waals surface area (Å²) in [6.45, 7) is 2.57. The summed E-state index contributed by atoms with van der Waals surface area (Å²) in [5.74, 6) is -3.39. The number of carbonyl (C=O) groups is 4. The van der Waals surface area contributed by atoms with E-state index in [0.717, 1.165) is 23.1 Å². The number of aliphatic carboxylic acids is 1. The van der Waals surface area contributed by atoms with E-state index in [9.17, 15) is 34.4 Å². The number of nitro groups is 1. The fraction of sp³-hybridized carbons (Fsp3) is 0.304. The molecule has 2 saturated heterocycles. The maximum atomic E-state index is 13.1. The maximum absolute atomic E-state index is 13.1. The van der Waals surface area contributed by atoms with Gasteiger partial charge in [0.25, 0.3) is 11.6 Å². The van der Waals surface area contributed by atoms with Crippen molar-refractivity contribution in [1.29, 1.82) is 0 Å².